The average Bonchev–Trinajstić information content (AvgIpc) is 2.63. The molecule has 17 heavy (non-hydrogen) atoms. The van der Waals surface area contributed by atoms with E-state index in [1.54, 1.807) is 6.07 Å². The highest BCUT2D eigenvalue weighted by Crippen LogP contribution is 2.42. The summed E-state index contributed by atoms with van der Waals surface area (Å²) in [5.41, 5.74) is 1.38. The minimum absolute atomic E-state index is 0.353. The Morgan fingerprint density at radius 1 is 0.941 bits per heavy atom. The molecular weight excluding hydrogens is 346 g/mol. The van der Waals surface area contributed by atoms with Crippen molar-refractivity contribution in [3.8, 4) is 0 Å². The van der Waals surface area contributed by atoms with Crippen LogP contribution in [-0.2, 0) is 0 Å². The van der Waals surface area contributed by atoms with E-state index in [0.717, 1.165) is 20.8 Å². The van der Waals surface area contributed by atoms with Gasteiger partial charge in [-0.1, -0.05) is 50.7 Å². The fourth-order valence-electron chi connectivity index (χ4n) is 1.81. The molecule has 0 fully saturated rings. The molecule has 5 heteroatoms. The van der Waals surface area contributed by atoms with Crippen LogP contribution in [0.1, 0.15) is 0 Å². The first kappa shape index (κ1) is 11.7. The van der Waals surface area contributed by atoms with Crippen molar-refractivity contribution < 1.29 is 4.42 Å². The van der Waals surface area contributed by atoms with Crippen molar-refractivity contribution in [3.05, 3.63) is 43.8 Å². The van der Waals surface area contributed by atoms with Crippen LogP contribution in [0.5, 0.6) is 0 Å². The van der Waals surface area contributed by atoms with Crippen LogP contribution in [0.3, 0.4) is 0 Å². The first-order valence-electron chi connectivity index (χ1n) is 4.73. The molecule has 0 bridgehead atoms. The SMILES string of the molecule is Clc1cc2oc3cc(Br)ccc3c2c(Cl)c1Cl. The fourth-order valence-corrected chi connectivity index (χ4v) is 2.84. The molecular formula is C12H4BrCl3O. The van der Waals surface area contributed by atoms with E-state index in [9.17, 15) is 0 Å². The first-order chi connectivity index (χ1) is 8.08. The summed E-state index contributed by atoms with van der Waals surface area (Å²) in [7, 11) is 0. The molecule has 0 N–H and O–H groups in total. The minimum atomic E-state index is 0.353. The van der Waals surface area contributed by atoms with E-state index in [-0.39, 0.29) is 0 Å². The Labute approximate surface area is 120 Å². The largest absolute Gasteiger partial charge is 0.456 e. The summed E-state index contributed by atoms with van der Waals surface area (Å²) >= 11 is 21.6. The molecule has 0 atom stereocenters. The predicted octanol–water partition coefficient (Wildman–Crippen LogP) is 6.31. The van der Waals surface area contributed by atoms with E-state index >= 15 is 0 Å². The zero-order chi connectivity index (χ0) is 12.2. The van der Waals surface area contributed by atoms with Crippen LogP contribution < -0.4 is 0 Å². The molecule has 2 aromatic carbocycles. The average molecular weight is 350 g/mol. The van der Waals surface area contributed by atoms with Gasteiger partial charge in [0, 0.05) is 21.3 Å². The van der Waals surface area contributed by atoms with Gasteiger partial charge in [0.05, 0.1) is 15.1 Å². The van der Waals surface area contributed by atoms with Crippen LogP contribution in [0.4, 0.5) is 0 Å². The summed E-state index contributed by atoms with van der Waals surface area (Å²) in [6, 6.07) is 7.42. The lowest BCUT2D eigenvalue weighted by molar-refractivity contribution is 0.668. The lowest BCUT2D eigenvalue weighted by atomic mass is 10.1. The molecule has 0 saturated carbocycles. The van der Waals surface area contributed by atoms with Crippen LogP contribution >= 0.6 is 50.7 Å². The Morgan fingerprint density at radius 2 is 1.71 bits per heavy atom. The van der Waals surface area contributed by atoms with Crippen molar-refractivity contribution in [1.82, 2.24) is 0 Å². The molecule has 0 unspecified atom stereocenters. The van der Waals surface area contributed by atoms with Crippen LogP contribution in [-0.4, -0.2) is 0 Å². The Bertz CT molecular complexity index is 748. The molecule has 0 aliphatic rings. The number of hydrogen-bond donors (Lipinski definition) is 0. The number of halogens is 4. The number of rotatable bonds is 0. The highest BCUT2D eigenvalue weighted by Gasteiger charge is 2.15. The molecule has 0 amide bonds. The van der Waals surface area contributed by atoms with E-state index in [4.69, 9.17) is 39.2 Å². The molecule has 0 saturated heterocycles. The van der Waals surface area contributed by atoms with E-state index in [1.165, 1.54) is 0 Å². The van der Waals surface area contributed by atoms with Gasteiger partial charge < -0.3 is 4.42 Å². The molecule has 0 spiro atoms. The van der Waals surface area contributed by atoms with E-state index in [0.29, 0.717) is 20.7 Å². The van der Waals surface area contributed by atoms with Crippen molar-refractivity contribution >= 4 is 72.7 Å². The highest BCUT2D eigenvalue weighted by molar-refractivity contribution is 9.10. The van der Waals surface area contributed by atoms with Gasteiger partial charge in [-0.05, 0) is 18.2 Å². The maximum absolute atomic E-state index is 6.20. The van der Waals surface area contributed by atoms with Gasteiger partial charge in [0.25, 0.3) is 0 Å². The van der Waals surface area contributed by atoms with Crippen LogP contribution in [0.2, 0.25) is 15.1 Å². The Hall–Kier alpha value is -0.410. The van der Waals surface area contributed by atoms with Gasteiger partial charge in [-0.25, -0.2) is 0 Å². The third-order valence-electron chi connectivity index (χ3n) is 2.56. The second-order valence-corrected chi connectivity index (χ2v) is 5.68. The number of fused-ring (bicyclic) bond motifs is 3. The number of benzene rings is 2. The molecule has 1 heterocycles. The third kappa shape index (κ3) is 1.75. The molecule has 0 aliphatic carbocycles. The van der Waals surface area contributed by atoms with Crippen LogP contribution in [0, 0.1) is 0 Å². The third-order valence-corrected chi connectivity index (χ3v) is 4.31. The lowest BCUT2D eigenvalue weighted by Gasteiger charge is -1.99. The van der Waals surface area contributed by atoms with Crippen molar-refractivity contribution in [3.63, 3.8) is 0 Å². The maximum Gasteiger partial charge on any atom is 0.138 e. The van der Waals surface area contributed by atoms with Gasteiger partial charge in [0.2, 0.25) is 0 Å². The van der Waals surface area contributed by atoms with Crippen LogP contribution in [0.25, 0.3) is 21.9 Å². The summed E-state index contributed by atoms with van der Waals surface area (Å²) in [5.74, 6) is 0. The summed E-state index contributed by atoms with van der Waals surface area (Å²) in [6.07, 6.45) is 0. The van der Waals surface area contributed by atoms with Crippen LogP contribution in [0.15, 0.2) is 33.2 Å². The van der Waals surface area contributed by atoms with Gasteiger partial charge in [0.1, 0.15) is 11.2 Å². The number of hydrogen-bond acceptors (Lipinski definition) is 1. The Kier molecular flexibility index (Phi) is 2.79. The molecule has 0 aliphatic heterocycles. The smallest absolute Gasteiger partial charge is 0.138 e. The van der Waals surface area contributed by atoms with E-state index < -0.39 is 0 Å². The maximum atomic E-state index is 6.20. The summed E-state index contributed by atoms with van der Waals surface area (Å²) in [6.45, 7) is 0. The van der Waals surface area contributed by atoms with Crippen molar-refractivity contribution in [2.75, 3.05) is 0 Å². The second kappa shape index (κ2) is 4.06. The van der Waals surface area contributed by atoms with E-state index in [1.807, 2.05) is 18.2 Å². The minimum Gasteiger partial charge on any atom is -0.456 e. The molecule has 3 rings (SSSR count). The lowest BCUT2D eigenvalue weighted by Crippen LogP contribution is -1.74. The van der Waals surface area contributed by atoms with Gasteiger partial charge in [0.15, 0.2) is 0 Å². The molecule has 3 aromatic rings. The standard InChI is InChI=1S/C12H4BrCl3O/c13-5-1-2-6-8(3-5)17-9-4-7(14)11(15)12(16)10(6)9/h1-4H. The fraction of sp³-hybridized carbons (Fsp3) is 0. The molecule has 1 nitrogen and oxygen atoms in total. The molecule has 86 valence electrons. The zero-order valence-corrected chi connectivity index (χ0v) is 12.1. The van der Waals surface area contributed by atoms with Gasteiger partial charge in [-0.3, -0.25) is 0 Å². The topological polar surface area (TPSA) is 13.1 Å². The molecule has 0 radical (unpaired) electrons. The summed E-state index contributed by atoms with van der Waals surface area (Å²) in [5, 5.41) is 2.89. The normalized spacial score (nSPS) is 11.5. The monoisotopic (exact) mass is 348 g/mol. The van der Waals surface area contributed by atoms with Crippen molar-refractivity contribution in [2.45, 2.75) is 0 Å². The first-order valence-corrected chi connectivity index (χ1v) is 6.66. The quantitative estimate of drug-likeness (QED) is 0.433. The molecule has 1 aromatic heterocycles. The predicted molar refractivity (Wildman–Crippen MR) is 76.5 cm³/mol. The summed E-state index contributed by atoms with van der Waals surface area (Å²) in [4.78, 5) is 0. The second-order valence-electron chi connectivity index (χ2n) is 3.60. The van der Waals surface area contributed by atoms with Crippen molar-refractivity contribution in [2.24, 2.45) is 0 Å². The summed E-state index contributed by atoms with van der Waals surface area (Å²) < 4.78 is 6.63. The van der Waals surface area contributed by atoms with E-state index in [2.05, 4.69) is 15.9 Å². The Balaban J connectivity index is 2.57. The van der Waals surface area contributed by atoms with Gasteiger partial charge in [-0.2, -0.15) is 0 Å². The van der Waals surface area contributed by atoms with Gasteiger partial charge in [-0.15, -0.1) is 0 Å². The van der Waals surface area contributed by atoms with Crippen molar-refractivity contribution in [1.29, 1.82) is 0 Å². The zero-order valence-electron chi connectivity index (χ0n) is 8.23. The highest BCUT2D eigenvalue weighted by atomic mass is 79.9. The number of furan rings is 1. The Morgan fingerprint density at radius 3 is 2.47 bits per heavy atom. The van der Waals surface area contributed by atoms with Gasteiger partial charge >= 0.3 is 0 Å².